The number of rotatable bonds is 9. The zero-order valence-electron chi connectivity index (χ0n) is 16.3. The van der Waals surface area contributed by atoms with Crippen molar-refractivity contribution in [3.63, 3.8) is 0 Å². The number of urea groups is 1. The summed E-state index contributed by atoms with van der Waals surface area (Å²) in [5, 5.41) is 4.87. The van der Waals surface area contributed by atoms with Crippen molar-refractivity contribution in [3.8, 4) is 11.5 Å². The van der Waals surface area contributed by atoms with Crippen LogP contribution in [0.2, 0.25) is 5.02 Å². The lowest BCUT2D eigenvalue weighted by Gasteiger charge is -2.12. The zero-order chi connectivity index (χ0) is 21.1. The number of amides is 3. The number of ether oxygens (including phenoxy) is 3. The van der Waals surface area contributed by atoms with Gasteiger partial charge in [0.2, 0.25) is 0 Å². The van der Waals surface area contributed by atoms with Crippen LogP contribution in [0.3, 0.4) is 0 Å². The fourth-order valence-electron chi connectivity index (χ4n) is 1.99. The fraction of sp³-hybridized carbons (Fsp3) is 0.421. The van der Waals surface area contributed by atoms with E-state index in [0.29, 0.717) is 28.7 Å². The van der Waals surface area contributed by atoms with E-state index in [2.05, 4.69) is 5.32 Å². The number of benzene rings is 1. The molecule has 8 nitrogen and oxygen atoms in total. The Labute approximate surface area is 169 Å². The summed E-state index contributed by atoms with van der Waals surface area (Å²) in [5.41, 5.74) is 0.586. The predicted octanol–water partition coefficient (Wildman–Crippen LogP) is 2.93. The van der Waals surface area contributed by atoms with E-state index < -0.39 is 24.5 Å². The Bertz CT molecular complexity index is 733. The molecule has 0 unspecified atom stereocenters. The van der Waals surface area contributed by atoms with Gasteiger partial charge >= 0.3 is 12.0 Å². The first-order chi connectivity index (χ1) is 13.3. The van der Waals surface area contributed by atoms with Gasteiger partial charge in [0.25, 0.3) is 5.91 Å². The van der Waals surface area contributed by atoms with Crippen LogP contribution < -0.4 is 20.1 Å². The monoisotopic (exact) mass is 412 g/mol. The maximum atomic E-state index is 11.8. The lowest BCUT2D eigenvalue weighted by molar-refractivity contribution is -0.143. The first kappa shape index (κ1) is 23.3. The van der Waals surface area contributed by atoms with Gasteiger partial charge in [0.1, 0.15) is 0 Å². The number of halogens is 1. The van der Waals surface area contributed by atoms with Gasteiger partial charge in [-0.3, -0.25) is 10.1 Å². The Morgan fingerprint density at radius 3 is 2.57 bits per heavy atom. The molecule has 0 radical (unpaired) electrons. The minimum absolute atomic E-state index is 0.124. The normalized spacial score (nSPS) is 10.6. The average Bonchev–Trinajstić information content (AvgIpc) is 2.62. The van der Waals surface area contributed by atoms with E-state index in [1.54, 1.807) is 26.0 Å². The SMILES string of the molecule is CCCOc1c(Cl)cc(/C=C/C(=O)OCC(=O)NC(=O)NC(C)C)cc1OC. The van der Waals surface area contributed by atoms with Crippen molar-refractivity contribution in [2.24, 2.45) is 0 Å². The highest BCUT2D eigenvalue weighted by atomic mass is 35.5. The van der Waals surface area contributed by atoms with Crippen molar-refractivity contribution >= 4 is 35.6 Å². The highest BCUT2D eigenvalue weighted by Gasteiger charge is 2.12. The maximum Gasteiger partial charge on any atom is 0.331 e. The predicted molar refractivity (Wildman–Crippen MR) is 106 cm³/mol. The standard InChI is InChI=1S/C19H25ClN2O6/c1-5-8-27-18-14(20)9-13(10-15(18)26-4)6-7-17(24)28-11-16(23)22-19(25)21-12(2)3/h6-7,9-10,12H,5,8,11H2,1-4H3,(H2,21,22,23,25)/b7-6+. The summed E-state index contributed by atoms with van der Waals surface area (Å²) < 4.78 is 15.6. The third-order valence-electron chi connectivity index (χ3n) is 3.13. The quantitative estimate of drug-likeness (QED) is 0.477. The molecule has 9 heteroatoms. The molecule has 0 aromatic heterocycles. The summed E-state index contributed by atoms with van der Waals surface area (Å²) in [6.45, 7) is 5.38. The molecular weight excluding hydrogens is 388 g/mol. The Balaban J connectivity index is 2.63. The maximum absolute atomic E-state index is 11.8. The highest BCUT2D eigenvalue weighted by molar-refractivity contribution is 6.32. The van der Waals surface area contributed by atoms with Crippen LogP contribution in [-0.2, 0) is 14.3 Å². The summed E-state index contributed by atoms with van der Waals surface area (Å²) >= 11 is 6.21. The molecule has 0 atom stereocenters. The molecular formula is C19H25ClN2O6. The fourth-order valence-corrected chi connectivity index (χ4v) is 2.26. The molecule has 1 aromatic carbocycles. The topological polar surface area (TPSA) is 103 Å². The van der Waals surface area contributed by atoms with Gasteiger partial charge in [0.15, 0.2) is 18.1 Å². The van der Waals surface area contributed by atoms with Crippen molar-refractivity contribution in [2.75, 3.05) is 20.3 Å². The average molecular weight is 413 g/mol. The zero-order valence-corrected chi connectivity index (χ0v) is 17.1. The van der Waals surface area contributed by atoms with Crippen LogP contribution in [0.15, 0.2) is 18.2 Å². The smallest absolute Gasteiger partial charge is 0.331 e. The molecule has 0 spiro atoms. The van der Waals surface area contributed by atoms with Gasteiger partial charge in [0, 0.05) is 12.1 Å². The van der Waals surface area contributed by atoms with Crippen LogP contribution >= 0.6 is 11.6 Å². The number of imide groups is 1. The lowest BCUT2D eigenvalue weighted by atomic mass is 10.2. The Kier molecular flexibility index (Phi) is 9.87. The molecule has 1 aromatic rings. The number of nitrogens with one attached hydrogen (secondary N) is 2. The van der Waals surface area contributed by atoms with Crippen LogP contribution in [0.25, 0.3) is 6.08 Å². The Morgan fingerprint density at radius 1 is 1.25 bits per heavy atom. The van der Waals surface area contributed by atoms with E-state index in [1.807, 2.05) is 12.2 Å². The summed E-state index contributed by atoms with van der Waals surface area (Å²) in [6.07, 6.45) is 3.42. The van der Waals surface area contributed by atoms with Gasteiger partial charge in [-0.15, -0.1) is 0 Å². The molecule has 0 aliphatic carbocycles. The number of esters is 1. The van der Waals surface area contributed by atoms with E-state index in [4.69, 9.17) is 25.8 Å². The number of carbonyl (C=O) groups is 3. The van der Waals surface area contributed by atoms with Crippen LogP contribution in [0.5, 0.6) is 11.5 Å². The van der Waals surface area contributed by atoms with E-state index in [0.717, 1.165) is 12.5 Å². The van der Waals surface area contributed by atoms with E-state index >= 15 is 0 Å². The summed E-state index contributed by atoms with van der Waals surface area (Å²) in [6, 6.07) is 2.49. The van der Waals surface area contributed by atoms with Gasteiger partial charge in [-0.1, -0.05) is 18.5 Å². The van der Waals surface area contributed by atoms with Crippen LogP contribution in [0.4, 0.5) is 4.79 Å². The molecule has 0 saturated carbocycles. The largest absolute Gasteiger partial charge is 0.493 e. The first-order valence-corrected chi connectivity index (χ1v) is 9.10. The second kappa shape index (κ2) is 11.9. The molecule has 2 N–H and O–H groups in total. The minimum atomic E-state index is -0.749. The number of carbonyl (C=O) groups excluding carboxylic acids is 3. The van der Waals surface area contributed by atoms with E-state index in [-0.39, 0.29) is 6.04 Å². The van der Waals surface area contributed by atoms with Crippen molar-refractivity contribution in [3.05, 3.63) is 28.8 Å². The van der Waals surface area contributed by atoms with Crippen LogP contribution in [0.1, 0.15) is 32.8 Å². The summed E-state index contributed by atoms with van der Waals surface area (Å²) in [4.78, 5) is 34.7. The van der Waals surface area contributed by atoms with E-state index in [1.165, 1.54) is 13.2 Å². The highest BCUT2D eigenvalue weighted by Crippen LogP contribution is 2.36. The lowest BCUT2D eigenvalue weighted by Crippen LogP contribution is -2.43. The summed E-state index contributed by atoms with van der Waals surface area (Å²) in [7, 11) is 1.49. The van der Waals surface area contributed by atoms with Gasteiger partial charge in [-0.25, -0.2) is 9.59 Å². The van der Waals surface area contributed by atoms with E-state index in [9.17, 15) is 14.4 Å². The van der Waals surface area contributed by atoms with Gasteiger partial charge in [0.05, 0.1) is 18.7 Å². The Hall–Kier alpha value is -2.74. The van der Waals surface area contributed by atoms with Crippen molar-refractivity contribution in [2.45, 2.75) is 33.2 Å². The third-order valence-corrected chi connectivity index (χ3v) is 3.41. The molecule has 0 aliphatic heterocycles. The van der Waals surface area contributed by atoms with Crippen LogP contribution in [-0.4, -0.2) is 44.3 Å². The van der Waals surface area contributed by atoms with Gasteiger partial charge in [-0.2, -0.15) is 0 Å². The molecule has 154 valence electrons. The molecule has 28 heavy (non-hydrogen) atoms. The molecule has 1 rings (SSSR count). The second-order valence-corrected chi connectivity index (χ2v) is 6.41. The Morgan fingerprint density at radius 2 is 1.96 bits per heavy atom. The molecule has 0 aliphatic rings. The van der Waals surface area contributed by atoms with Gasteiger partial charge < -0.3 is 19.5 Å². The summed E-state index contributed by atoms with van der Waals surface area (Å²) in [5.74, 6) is -0.616. The third kappa shape index (κ3) is 8.30. The molecule has 0 saturated heterocycles. The van der Waals surface area contributed by atoms with Crippen molar-refractivity contribution < 1.29 is 28.6 Å². The molecule has 0 fully saturated rings. The second-order valence-electron chi connectivity index (χ2n) is 6.00. The molecule has 0 heterocycles. The minimum Gasteiger partial charge on any atom is -0.493 e. The number of hydrogen-bond donors (Lipinski definition) is 2. The van der Waals surface area contributed by atoms with Crippen LogP contribution in [0, 0.1) is 0 Å². The molecule has 3 amide bonds. The first-order valence-electron chi connectivity index (χ1n) is 8.72. The number of methoxy groups -OCH3 is 1. The van der Waals surface area contributed by atoms with Crippen molar-refractivity contribution in [1.29, 1.82) is 0 Å². The number of hydrogen-bond acceptors (Lipinski definition) is 6. The van der Waals surface area contributed by atoms with Crippen molar-refractivity contribution in [1.82, 2.24) is 10.6 Å². The molecule has 0 bridgehead atoms. The van der Waals surface area contributed by atoms with Gasteiger partial charge in [-0.05, 0) is 44.0 Å².